The van der Waals surface area contributed by atoms with E-state index in [1.165, 1.54) is 0 Å². The lowest BCUT2D eigenvalue weighted by atomic mass is 10.0. The van der Waals surface area contributed by atoms with E-state index in [1.807, 2.05) is 38.1 Å². The second-order valence-electron chi connectivity index (χ2n) is 6.81. The second kappa shape index (κ2) is 10.5. The summed E-state index contributed by atoms with van der Waals surface area (Å²) in [5.74, 6) is 1.05. The summed E-state index contributed by atoms with van der Waals surface area (Å²) >= 11 is 0. The number of likely N-dealkylation sites (tertiary alicyclic amines) is 1. The number of benzene rings is 1. The van der Waals surface area contributed by atoms with Crippen LogP contribution in [0.2, 0.25) is 0 Å². The van der Waals surface area contributed by atoms with E-state index >= 15 is 0 Å². The SMILES string of the molecule is COCCOCCN1CCC(Oc2ccc(C(=O)C(C)C)cc2)CC1. The van der Waals surface area contributed by atoms with E-state index in [9.17, 15) is 4.79 Å². The van der Waals surface area contributed by atoms with Crippen molar-refractivity contribution in [2.45, 2.75) is 32.8 Å². The Kier molecular flexibility index (Phi) is 8.38. The molecule has 0 unspecified atom stereocenters. The largest absolute Gasteiger partial charge is 0.490 e. The Morgan fingerprint density at radius 3 is 2.40 bits per heavy atom. The second-order valence-corrected chi connectivity index (χ2v) is 6.81. The third-order valence-electron chi connectivity index (χ3n) is 4.48. The van der Waals surface area contributed by atoms with Gasteiger partial charge in [-0.15, -0.1) is 0 Å². The summed E-state index contributed by atoms with van der Waals surface area (Å²) in [6.07, 6.45) is 2.28. The Morgan fingerprint density at radius 2 is 1.80 bits per heavy atom. The van der Waals surface area contributed by atoms with Crippen molar-refractivity contribution in [3.8, 4) is 5.75 Å². The van der Waals surface area contributed by atoms with Crippen LogP contribution in [0.5, 0.6) is 5.75 Å². The Labute approximate surface area is 151 Å². The predicted octanol–water partition coefficient (Wildman–Crippen LogP) is 3.03. The third-order valence-corrected chi connectivity index (χ3v) is 4.48. The summed E-state index contributed by atoms with van der Waals surface area (Å²) in [6, 6.07) is 7.55. The summed E-state index contributed by atoms with van der Waals surface area (Å²) in [4.78, 5) is 14.4. The van der Waals surface area contributed by atoms with E-state index in [4.69, 9.17) is 14.2 Å². The van der Waals surface area contributed by atoms with E-state index in [0.29, 0.717) is 13.2 Å². The minimum Gasteiger partial charge on any atom is -0.490 e. The molecule has 0 saturated carbocycles. The van der Waals surface area contributed by atoms with Gasteiger partial charge in [-0.05, 0) is 37.1 Å². The lowest BCUT2D eigenvalue weighted by Crippen LogP contribution is -2.39. The average molecular weight is 349 g/mol. The van der Waals surface area contributed by atoms with E-state index in [0.717, 1.165) is 50.4 Å². The van der Waals surface area contributed by atoms with Gasteiger partial charge in [-0.25, -0.2) is 0 Å². The summed E-state index contributed by atoms with van der Waals surface area (Å²) < 4.78 is 16.6. The van der Waals surface area contributed by atoms with Crippen LogP contribution in [0.1, 0.15) is 37.0 Å². The number of carbonyl (C=O) groups excluding carboxylic acids is 1. The molecule has 5 heteroatoms. The number of nitrogens with zero attached hydrogens (tertiary/aromatic N) is 1. The Hall–Kier alpha value is -1.43. The number of hydrogen-bond donors (Lipinski definition) is 0. The van der Waals surface area contributed by atoms with Gasteiger partial charge in [-0.3, -0.25) is 4.79 Å². The summed E-state index contributed by atoms with van der Waals surface area (Å²) in [5.41, 5.74) is 0.755. The normalized spacial score (nSPS) is 16.3. The van der Waals surface area contributed by atoms with Crippen LogP contribution < -0.4 is 4.74 Å². The molecule has 5 nitrogen and oxygen atoms in total. The summed E-state index contributed by atoms with van der Waals surface area (Å²) in [7, 11) is 1.68. The van der Waals surface area contributed by atoms with Gasteiger partial charge in [0.05, 0.1) is 19.8 Å². The topological polar surface area (TPSA) is 48.0 Å². The van der Waals surface area contributed by atoms with E-state index in [1.54, 1.807) is 7.11 Å². The number of Topliss-reactive ketones (excluding diaryl/α,β-unsaturated/α-hetero) is 1. The number of piperidine rings is 1. The lowest BCUT2D eigenvalue weighted by Gasteiger charge is -2.32. The molecule has 0 atom stereocenters. The molecule has 0 bridgehead atoms. The summed E-state index contributed by atoms with van der Waals surface area (Å²) in [6.45, 7) is 8.92. The number of ketones is 1. The third kappa shape index (κ3) is 6.77. The van der Waals surface area contributed by atoms with Gasteiger partial charge >= 0.3 is 0 Å². The molecule has 0 radical (unpaired) electrons. The Morgan fingerprint density at radius 1 is 1.12 bits per heavy atom. The van der Waals surface area contributed by atoms with Crippen molar-refractivity contribution >= 4 is 5.78 Å². The van der Waals surface area contributed by atoms with Crippen LogP contribution in [-0.4, -0.2) is 63.4 Å². The molecule has 25 heavy (non-hydrogen) atoms. The van der Waals surface area contributed by atoms with Gasteiger partial charge < -0.3 is 19.1 Å². The molecule has 0 aromatic heterocycles. The number of hydrogen-bond acceptors (Lipinski definition) is 5. The van der Waals surface area contributed by atoms with Crippen molar-refractivity contribution in [1.29, 1.82) is 0 Å². The fraction of sp³-hybridized carbons (Fsp3) is 0.650. The number of carbonyl (C=O) groups is 1. The molecule has 1 fully saturated rings. The van der Waals surface area contributed by atoms with Gasteiger partial charge in [0.2, 0.25) is 0 Å². The molecule has 0 aliphatic carbocycles. The molecular formula is C20H31NO4. The number of rotatable bonds is 10. The van der Waals surface area contributed by atoms with E-state index < -0.39 is 0 Å². The minimum absolute atomic E-state index is 0.0228. The molecule has 0 N–H and O–H groups in total. The van der Waals surface area contributed by atoms with Crippen molar-refractivity contribution in [2.24, 2.45) is 5.92 Å². The molecule has 1 aromatic rings. The highest BCUT2D eigenvalue weighted by molar-refractivity contribution is 5.97. The van der Waals surface area contributed by atoms with Gasteiger partial charge in [-0.2, -0.15) is 0 Å². The predicted molar refractivity (Wildman–Crippen MR) is 98.4 cm³/mol. The average Bonchev–Trinajstić information content (AvgIpc) is 2.63. The maximum atomic E-state index is 12.0. The van der Waals surface area contributed by atoms with Crippen molar-refractivity contribution in [3.05, 3.63) is 29.8 Å². The molecule has 0 amide bonds. The fourth-order valence-electron chi connectivity index (χ4n) is 2.91. The van der Waals surface area contributed by atoms with Gasteiger partial charge in [0.1, 0.15) is 11.9 Å². The first-order valence-corrected chi connectivity index (χ1v) is 9.20. The first-order valence-electron chi connectivity index (χ1n) is 9.20. The van der Waals surface area contributed by atoms with Crippen molar-refractivity contribution in [1.82, 2.24) is 4.90 Å². The monoisotopic (exact) mass is 349 g/mol. The van der Waals surface area contributed by atoms with Gasteiger partial charge in [0.15, 0.2) is 5.78 Å². The van der Waals surface area contributed by atoms with E-state index in [-0.39, 0.29) is 17.8 Å². The Balaban J connectivity index is 1.68. The van der Waals surface area contributed by atoms with Crippen molar-refractivity contribution < 1.29 is 19.0 Å². The molecule has 140 valence electrons. The molecule has 1 aliphatic rings. The zero-order valence-electron chi connectivity index (χ0n) is 15.7. The standard InChI is InChI=1S/C20H31NO4/c1-16(2)20(22)17-4-6-18(7-5-17)25-19-8-10-21(11-9-19)12-13-24-15-14-23-3/h4-7,16,19H,8-15H2,1-3H3. The smallest absolute Gasteiger partial charge is 0.165 e. The molecule has 1 heterocycles. The molecular weight excluding hydrogens is 318 g/mol. The van der Waals surface area contributed by atoms with Crippen LogP contribution in [0.15, 0.2) is 24.3 Å². The molecule has 0 spiro atoms. The fourth-order valence-corrected chi connectivity index (χ4v) is 2.91. The molecule has 1 aliphatic heterocycles. The zero-order chi connectivity index (χ0) is 18.1. The molecule has 1 aromatic carbocycles. The lowest BCUT2D eigenvalue weighted by molar-refractivity contribution is 0.0424. The van der Waals surface area contributed by atoms with Gasteiger partial charge in [0, 0.05) is 38.2 Å². The molecule has 1 saturated heterocycles. The Bertz CT molecular complexity index is 507. The number of methoxy groups -OCH3 is 1. The maximum Gasteiger partial charge on any atom is 0.165 e. The van der Waals surface area contributed by atoms with Crippen LogP contribution in [0.3, 0.4) is 0 Å². The first-order chi connectivity index (χ1) is 12.1. The van der Waals surface area contributed by atoms with Crippen LogP contribution >= 0.6 is 0 Å². The van der Waals surface area contributed by atoms with Crippen molar-refractivity contribution in [2.75, 3.05) is 46.6 Å². The van der Waals surface area contributed by atoms with Gasteiger partial charge in [-0.1, -0.05) is 13.8 Å². The zero-order valence-corrected chi connectivity index (χ0v) is 15.7. The van der Waals surface area contributed by atoms with Gasteiger partial charge in [0.25, 0.3) is 0 Å². The quantitative estimate of drug-likeness (QED) is 0.480. The maximum absolute atomic E-state index is 12.0. The minimum atomic E-state index is 0.0228. The van der Waals surface area contributed by atoms with E-state index in [2.05, 4.69) is 4.90 Å². The first kappa shape index (κ1) is 19.9. The van der Waals surface area contributed by atoms with Crippen LogP contribution in [-0.2, 0) is 9.47 Å². The highest BCUT2D eigenvalue weighted by Gasteiger charge is 2.20. The highest BCUT2D eigenvalue weighted by Crippen LogP contribution is 2.20. The highest BCUT2D eigenvalue weighted by atomic mass is 16.5. The van der Waals surface area contributed by atoms with Crippen LogP contribution in [0.25, 0.3) is 0 Å². The van der Waals surface area contributed by atoms with Crippen LogP contribution in [0, 0.1) is 5.92 Å². The molecule has 2 rings (SSSR count). The summed E-state index contributed by atoms with van der Waals surface area (Å²) in [5, 5.41) is 0. The number of ether oxygens (including phenoxy) is 3. The van der Waals surface area contributed by atoms with Crippen LogP contribution in [0.4, 0.5) is 0 Å². The van der Waals surface area contributed by atoms with Crippen molar-refractivity contribution in [3.63, 3.8) is 0 Å².